The lowest BCUT2D eigenvalue weighted by molar-refractivity contribution is 0.0774. The molecule has 0 amide bonds. The van der Waals surface area contributed by atoms with Crippen LogP contribution in [0.2, 0.25) is 0 Å². The van der Waals surface area contributed by atoms with E-state index in [2.05, 4.69) is 51.8 Å². The largest absolute Gasteiger partial charge is 0.313 e. The van der Waals surface area contributed by atoms with Crippen molar-refractivity contribution in [3.8, 4) is 0 Å². The van der Waals surface area contributed by atoms with Crippen molar-refractivity contribution in [2.24, 2.45) is 0 Å². The van der Waals surface area contributed by atoms with E-state index in [1.807, 2.05) is 0 Å². The maximum Gasteiger partial charge on any atom is 0.0328 e. The molecule has 0 radical (unpaired) electrons. The summed E-state index contributed by atoms with van der Waals surface area (Å²) in [7, 11) is 0. The van der Waals surface area contributed by atoms with Gasteiger partial charge in [0, 0.05) is 11.6 Å². The number of nitrogens with zero attached hydrogens (tertiary/aromatic N) is 1. The molecule has 0 aliphatic carbocycles. The first-order chi connectivity index (χ1) is 6.56. The van der Waals surface area contributed by atoms with Crippen molar-refractivity contribution in [1.29, 1.82) is 0 Å². The van der Waals surface area contributed by atoms with Crippen LogP contribution in [0, 0.1) is 0 Å². The molecule has 0 aliphatic rings. The molecule has 0 aromatic rings. The summed E-state index contributed by atoms with van der Waals surface area (Å²) in [5.74, 6) is 0. The van der Waals surface area contributed by atoms with Crippen molar-refractivity contribution in [2.75, 3.05) is 19.6 Å². The summed E-state index contributed by atoms with van der Waals surface area (Å²) in [5, 5.41) is 3.54. The van der Waals surface area contributed by atoms with Gasteiger partial charge in [0.1, 0.15) is 0 Å². The van der Waals surface area contributed by atoms with Crippen molar-refractivity contribution in [1.82, 2.24) is 10.2 Å². The van der Waals surface area contributed by atoms with E-state index in [1.54, 1.807) is 0 Å². The van der Waals surface area contributed by atoms with E-state index in [-0.39, 0.29) is 0 Å². The second-order valence-electron chi connectivity index (χ2n) is 4.16. The monoisotopic (exact) mass is 200 g/mol. The Morgan fingerprint density at radius 1 is 1.14 bits per heavy atom. The van der Waals surface area contributed by atoms with Gasteiger partial charge in [-0.3, -0.25) is 4.90 Å². The predicted octanol–water partition coefficient (Wildman–Crippen LogP) is 2.49. The standard InChI is InChI=1S/C12H28N2/c1-7-12(6,11(5)13-8-2)14(9-3)10-4/h11,13H,7-10H2,1-6H3. The Morgan fingerprint density at radius 3 is 1.93 bits per heavy atom. The quantitative estimate of drug-likeness (QED) is 0.679. The highest BCUT2D eigenvalue weighted by atomic mass is 15.2. The molecule has 0 bridgehead atoms. The van der Waals surface area contributed by atoms with Crippen LogP contribution in [0.5, 0.6) is 0 Å². The Kier molecular flexibility index (Phi) is 6.38. The maximum atomic E-state index is 3.54. The van der Waals surface area contributed by atoms with Crippen molar-refractivity contribution in [3.63, 3.8) is 0 Å². The SMILES string of the molecule is CCNC(C)C(C)(CC)N(CC)CC. The summed E-state index contributed by atoms with van der Waals surface area (Å²) in [6.07, 6.45) is 1.20. The zero-order valence-electron chi connectivity index (χ0n) is 10.9. The van der Waals surface area contributed by atoms with E-state index >= 15 is 0 Å². The first-order valence-corrected chi connectivity index (χ1v) is 6.05. The first-order valence-electron chi connectivity index (χ1n) is 6.05. The third kappa shape index (κ3) is 2.96. The molecule has 2 nitrogen and oxygen atoms in total. The highest BCUT2D eigenvalue weighted by Gasteiger charge is 2.33. The fourth-order valence-corrected chi connectivity index (χ4v) is 2.28. The van der Waals surface area contributed by atoms with Crippen LogP contribution in [0.4, 0.5) is 0 Å². The number of rotatable bonds is 7. The molecular weight excluding hydrogens is 172 g/mol. The molecule has 2 unspecified atom stereocenters. The van der Waals surface area contributed by atoms with Crippen LogP contribution >= 0.6 is 0 Å². The summed E-state index contributed by atoms with van der Waals surface area (Å²) in [4.78, 5) is 2.56. The number of hydrogen-bond donors (Lipinski definition) is 1. The Morgan fingerprint density at radius 2 is 1.64 bits per heavy atom. The van der Waals surface area contributed by atoms with Crippen molar-refractivity contribution in [3.05, 3.63) is 0 Å². The third-order valence-corrected chi connectivity index (χ3v) is 3.64. The number of hydrogen-bond acceptors (Lipinski definition) is 2. The summed E-state index contributed by atoms with van der Waals surface area (Å²) >= 11 is 0. The van der Waals surface area contributed by atoms with E-state index in [9.17, 15) is 0 Å². The average Bonchev–Trinajstić information content (AvgIpc) is 2.19. The van der Waals surface area contributed by atoms with Gasteiger partial charge in [-0.25, -0.2) is 0 Å². The fourth-order valence-electron chi connectivity index (χ4n) is 2.28. The van der Waals surface area contributed by atoms with Crippen LogP contribution in [0.15, 0.2) is 0 Å². The average molecular weight is 200 g/mol. The zero-order valence-corrected chi connectivity index (χ0v) is 10.9. The van der Waals surface area contributed by atoms with Crippen molar-refractivity contribution >= 4 is 0 Å². The second-order valence-corrected chi connectivity index (χ2v) is 4.16. The highest BCUT2D eigenvalue weighted by molar-refractivity contribution is 4.93. The Bertz CT molecular complexity index is 143. The molecule has 0 spiro atoms. The van der Waals surface area contributed by atoms with Crippen LogP contribution < -0.4 is 5.32 Å². The lowest BCUT2D eigenvalue weighted by atomic mass is 9.88. The first kappa shape index (κ1) is 13.9. The Hall–Kier alpha value is -0.0800. The molecule has 0 fully saturated rings. The minimum absolute atomic E-state index is 0.291. The summed E-state index contributed by atoms with van der Waals surface area (Å²) in [6.45, 7) is 16.9. The maximum absolute atomic E-state index is 3.54. The minimum atomic E-state index is 0.291. The highest BCUT2D eigenvalue weighted by Crippen LogP contribution is 2.23. The second kappa shape index (κ2) is 6.41. The van der Waals surface area contributed by atoms with E-state index in [0.717, 1.165) is 19.6 Å². The minimum Gasteiger partial charge on any atom is -0.313 e. The van der Waals surface area contributed by atoms with Gasteiger partial charge in [0.2, 0.25) is 0 Å². The van der Waals surface area contributed by atoms with Gasteiger partial charge in [-0.2, -0.15) is 0 Å². The normalized spacial score (nSPS) is 18.2. The van der Waals surface area contributed by atoms with Gasteiger partial charge in [-0.1, -0.05) is 27.7 Å². The molecule has 86 valence electrons. The van der Waals surface area contributed by atoms with Gasteiger partial charge in [0.05, 0.1) is 0 Å². The van der Waals surface area contributed by atoms with Crippen LogP contribution in [-0.2, 0) is 0 Å². The summed E-state index contributed by atoms with van der Waals surface area (Å²) < 4.78 is 0. The van der Waals surface area contributed by atoms with Gasteiger partial charge < -0.3 is 5.32 Å². The van der Waals surface area contributed by atoms with Gasteiger partial charge in [0.15, 0.2) is 0 Å². The van der Waals surface area contributed by atoms with Crippen LogP contribution in [0.1, 0.15) is 48.0 Å². The molecule has 0 aromatic heterocycles. The molecule has 2 atom stereocenters. The number of nitrogens with one attached hydrogen (secondary N) is 1. The van der Waals surface area contributed by atoms with Crippen LogP contribution in [-0.4, -0.2) is 36.1 Å². The molecule has 2 heteroatoms. The smallest absolute Gasteiger partial charge is 0.0328 e. The molecule has 1 N–H and O–H groups in total. The molecule has 0 aliphatic heterocycles. The van der Waals surface area contributed by atoms with Crippen molar-refractivity contribution < 1.29 is 0 Å². The fraction of sp³-hybridized carbons (Fsp3) is 1.00. The molecule has 0 heterocycles. The number of likely N-dealkylation sites (N-methyl/N-ethyl adjacent to an activating group) is 2. The van der Waals surface area contributed by atoms with Gasteiger partial charge >= 0.3 is 0 Å². The van der Waals surface area contributed by atoms with Gasteiger partial charge in [-0.15, -0.1) is 0 Å². The lowest BCUT2D eigenvalue weighted by Gasteiger charge is -2.44. The zero-order chi connectivity index (χ0) is 11.2. The predicted molar refractivity (Wildman–Crippen MR) is 64.8 cm³/mol. The van der Waals surface area contributed by atoms with E-state index in [1.165, 1.54) is 6.42 Å². The third-order valence-electron chi connectivity index (χ3n) is 3.64. The van der Waals surface area contributed by atoms with Gasteiger partial charge in [0.25, 0.3) is 0 Å². The van der Waals surface area contributed by atoms with Gasteiger partial charge in [-0.05, 0) is 39.9 Å². The summed E-state index contributed by atoms with van der Waals surface area (Å²) in [6, 6.07) is 0.553. The Labute approximate surface area is 90.1 Å². The van der Waals surface area contributed by atoms with Crippen molar-refractivity contribution in [2.45, 2.75) is 59.5 Å². The molecular formula is C12H28N2. The molecule has 0 saturated carbocycles. The van der Waals surface area contributed by atoms with E-state index in [4.69, 9.17) is 0 Å². The topological polar surface area (TPSA) is 15.3 Å². The van der Waals surface area contributed by atoms with Crippen LogP contribution in [0.25, 0.3) is 0 Å². The van der Waals surface area contributed by atoms with E-state index in [0.29, 0.717) is 11.6 Å². The lowest BCUT2D eigenvalue weighted by Crippen LogP contribution is -2.58. The Balaban J connectivity index is 4.57. The molecule has 14 heavy (non-hydrogen) atoms. The van der Waals surface area contributed by atoms with E-state index < -0.39 is 0 Å². The molecule has 0 rings (SSSR count). The molecule has 0 aromatic carbocycles. The molecule has 0 saturated heterocycles. The van der Waals surface area contributed by atoms with Crippen LogP contribution in [0.3, 0.4) is 0 Å². The summed E-state index contributed by atoms with van der Waals surface area (Å²) in [5.41, 5.74) is 0.291.